The molecule has 1 heterocycles. The standard InChI is InChI=1S/C40H51N5O6S/c1-29(35-12-7-10-32-9-5-6-11-36(32)35)43-38(46)45(20-8-19-44-21-23-51-24-22-44)28-30-14-17-34(18-15-30)52(49,50)42-27-33-16-13-31(26-41-39(47)48)25-37(33)40(2,3)4/h5-7,9-18,25,29,41-42H,8,19-24,26-28H2,1-4H3,(H,43,46)(H,47,48). The maximum atomic E-state index is 13.8. The van der Waals surface area contributed by atoms with Gasteiger partial charge in [-0.25, -0.2) is 22.7 Å². The van der Waals surface area contributed by atoms with Crippen LogP contribution < -0.4 is 15.4 Å². The highest BCUT2D eigenvalue weighted by atomic mass is 32.2. The summed E-state index contributed by atoms with van der Waals surface area (Å²) in [6.45, 7) is 13.2. The number of amides is 3. The summed E-state index contributed by atoms with van der Waals surface area (Å²) >= 11 is 0. The summed E-state index contributed by atoms with van der Waals surface area (Å²) in [5.74, 6) is 0. The van der Waals surface area contributed by atoms with Gasteiger partial charge in [0.2, 0.25) is 10.0 Å². The van der Waals surface area contributed by atoms with E-state index in [-0.39, 0.29) is 35.5 Å². The van der Waals surface area contributed by atoms with E-state index in [0.29, 0.717) is 26.3 Å². The summed E-state index contributed by atoms with van der Waals surface area (Å²) in [7, 11) is -3.85. The Morgan fingerprint density at radius 1 is 0.923 bits per heavy atom. The maximum absolute atomic E-state index is 13.8. The van der Waals surface area contributed by atoms with Gasteiger partial charge in [-0.2, -0.15) is 0 Å². The number of benzene rings is 4. The lowest BCUT2D eigenvalue weighted by Gasteiger charge is -2.29. The number of nitrogens with zero attached hydrogens (tertiary/aromatic N) is 2. The molecule has 1 fully saturated rings. The first-order valence-corrected chi connectivity index (χ1v) is 19.3. The molecule has 278 valence electrons. The number of hydrogen-bond acceptors (Lipinski definition) is 6. The number of carbonyl (C=O) groups excluding carboxylic acids is 1. The lowest BCUT2D eigenvalue weighted by Crippen LogP contribution is -2.43. The molecule has 0 aromatic heterocycles. The molecular weight excluding hydrogens is 679 g/mol. The number of nitrogens with one attached hydrogen (secondary N) is 3. The number of urea groups is 1. The lowest BCUT2D eigenvalue weighted by molar-refractivity contribution is 0.0364. The Labute approximate surface area is 307 Å². The fourth-order valence-corrected chi connectivity index (χ4v) is 7.57. The van der Waals surface area contributed by atoms with Crippen LogP contribution in [-0.4, -0.2) is 74.8 Å². The van der Waals surface area contributed by atoms with Crippen LogP contribution in [0.5, 0.6) is 0 Å². The van der Waals surface area contributed by atoms with Crippen molar-refractivity contribution in [2.75, 3.05) is 39.4 Å². The van der Waals surface area contributed by atoms with Gasteiger partial charge in [-0.3, -0.25) is 4.90 Å². The molecule has 1 unspecified atom stereocenters. The third-order valence-corrected chi connectivity index (χ3v) is 10.8. The molecule has 1 atom stereocenters. The number of carboxylic acid groups (broad SMARTS) is 1. The second-order valence-electron chi connectivity index (χ2n) is 14.3. The Morgan fingerprint density at radius 2 is 1.62 bits per heavy atom. The first-order valence-electron chi connectivity index (χ1n) is 17.8. The van der Waals surface area contributed by atoms with Gasteiger partial charge in [-0.15, -0.1) is 0 Å². The predicted molar refractivity (Wildman–Crippen MR) is 204 cm³/mol. The van der Waals surface area contributed by atoms with Crippen molar-refractivity contribution in [3.05, 3.63) is 113 Å². The quantitative estimate of drug-likeness (QED) is 0.118. The predicted octanol–water partition coefficient (Wildman–Crippen LogP) is 6.38. The van der Waals surface area contributed by atoms with Crippen LogP contribution in [0.2, 0.25) is 0 Å². The van der Waals surface area contributed by atoms with Crippen molar-refractivity contribution in [2.24, 2.45) is 0 Å². The number of morpholine rings is 1. The van der Waals surface area contributed by atoms with Crippen molar-refractivity contribution < 1.29 is 27.9 Å². The van der Waals surface area contributed by atoms with Crippen molar-refractivity contribution in [1.82, 2.24) is 25.2 Å². The average molecular weight is 730 g/mol. The van der Waals surface area contributed by atoms with E-state index in [1.165, 1.54) is 0 Å². The third kappa shape index (κ3) is 10.5. The molecule has 4 aromatic rings. The number of ether oxygens (including phenoxy) is 1. The molecule has 0 spiro atoms. The topological polar surface area (TPSA) is 140 Å². The summed E-state index contributed by atoms with van der Waals surface area (Å²) in [5.41, 5.74) is 4.09. The van der Waals surface area contributed by atoms with Gasteiger partial charge in [0.05, 0.1) is 24.2 Å². The maximum Gasteiger partial charge on any atom is 0.404 e. The molecule has 52 heavy (non-hydrogen) atoms. The van der Waals surface area contributed by atoms with Gasteiger partial charge >= 0.3 is 12.1 Å². The number of rotatable bonds is 14. The second-order valence-corrected chi connectivity index (χ2v) is 16.1. The van der Waals surface area contributed by atoms with E-state index in [9.17, 15) is 18.0 Å². The minimum atomic E-state index is -3.85. The molecule has 4 aromatic carbocycles. The average Bonchev–Trinajstić information content (AvgIpc) is 3.12. The molecular formula is C40H51N5O6S. The zero-order chi connectivity index (χ0) is 37.3. The monoisotopic (exact) mass is 729 g/mol. The summed E-state index contributed by atoms with van der Waals surface area (Å²) in [5, 5.41) is 16.8. The summed E-state index contributed by atoms with van der Waals surface area (Å²) < 4.78 is 35.1. The third-order valence-electron chi connectivity index (χ3n) is 9.41. The fraction of sp³-hybridized carbons (Fsp3) is 0.400. The summed E-state index contributed by atoms with van der Waals surface area (Å²) in [6.07, 6.45) is -0.313. The molecule has 0 radical (unpaired) electrons. The van der Waals surface area contributed by atoms with Gasteiger partial charge in [-0.05, 0) is 69.5 Å². The van der Waals surface area contributed by atoms with E-state index in [4.69, 9.17) is 9.84 Å². The first kappa shape index (κ1) is 38.7. The van der Waals surface area contributed by atoms with E-state index < -0.39 is 16.1 Å². The van der Waals surface area contributed by atoms with Crippen LogP contribution in [0.25, 0.3) is 10.8 Å². The lowest BCUT2D eigenvalue weighted by atomic mass is 9.83. The Kier molecular flexibility index (Phi) is 12.9. The van der Waals surface area contributed by atoms with Crippen molar-refractivity contribution in [1.29, 1.82) is 0 Å². The van der Waals surface area contributed by atoms with E-state index >= 15 is 0 Å². The van der Waals surface area contributed by atoms with Gasteiger partial charge in [0.15, 0.2) is 0 Å². The van der Waals surface area contributed by atoms with Gasteiger partial charge in [0.1, 0.15) is 0 Å². The van der Waals surface area contributed by atoms with Crippen molar-refractivity contribution in [3.63, 3.8) is 0 Å². The number of hydrogen-bond donors (Lipinski definition) is 4. The van der Waals surface area contributed by atoms with Crippen LogP contribution in [0.4, 0.5) is 9.59 Å². The minimum Gasteiger partial charge on any atom is -0.465 e. The molecule has 12 heteroatoms. The molecule has 1 saturated heterocycles. The Bertz CT molecular complexity index is 1930. The van der Waals surface area contributed by atoms with E-state index in [0.717, 1.165) is 64.6 Å². The highest BCUT2D eigenvalue weighted by Crippen LogP contribution is 2.28. The first-order chi connectivity index (χ1) is 24.8. The molecule has 5 rings (SSSR count). The van der Waals surface area contributed by atoms with Crippen LogP contribution in [0.1, 0.15) is 68.0 Å². The Morgan fingerprint density at radius 3 is 2.33 bits per heavy atom. The van der Waals surface area contributed by atoms with Crippen LogP contribution in [0.3, 0.4) is 0 Å². The highest BCUT2D eigenvalue weighted by Gasteiger charge is 2.23. The van der Waals surface area contributed by atoms with Gasteiger partial charge in [-0.1, -0.05) is 93.6 Å². The van der Waals surface area contributed by atoms with Crippen molar-refractivity contribution >= 4 is 32.9 Å². The Hall–Kier alpha value is -4.49. The largest absolute Gasteiger partial charge is 0.465 e. The van der Waals surface area contributed by atoms with Gasteiger partial charge < -0.3 is 25.4 Å². The molecule has 11 nitrogen and oxygen atoms in total. The normalized spacial score (nSPS) is 14.5. The zero-order valence-electron chi connectivity index (χ0n) is 30.5. The molecule has 0 saturated carbocycles. The number of fused-ring (bicyclic) bond motifs is 1. The molecule has 4 N–H and O–H groups in total. The summed E-state index contributed by atoms with van der Waals surface area (Å²) in [6, 6.07) is 26.1. The van der Waals surface area contributed by atoms with Crippen LogP contribution in [-0.2, 0) is 39.8 Å². The molecule has 1 aliphatic heterocycles. The number of carbonyl (C=O) groups is 2. The highest BCUT2D eigenvalue weighted by molar-refractivity contribution is 7.89. The smallest absolute Gasteiger partial charge is 0.404 e. The molecule has 1 aliphatic rings. The minimum absolute atomic E-state index is 0.0787. The fourth-order valence-electron chi connectivity index (χ4n) is 6.56. The van der Waals surface area contributed by atoms with E-state index in [1.54, 1.807) is 35.2 Å². The second kappa shape index (κ2) is 17.4. The van der Waals surface area contributed by atoms with Crippen molar-refractivity contribution in [3.8, 4) is 0 Å². The van der Waals surface area contributed by atoms with E-state index in [2.05, 4.69) is 38.5 Å². The van der Waals surface area contributed by atoms with Crippen LogP contribution >= 0.6 is 0 Å². The zero-order valence-corrected chi connectivity index (χ0v) is 31.3. The SMILES string of the molecule is CC(NC(=O)N(CCCN1CCOCC1)Cc1ccc(S(=O)(=O)NCc2ccc(CNC(=O)O)cc2C(C)(C)C)cc1)c1cccc2ccccc12. The van der Waals surface area contributed by atoms with Crippen LogP contribution in [0, 0.1) is 0 Å². The Balaban J connectivity index is 1.27. The van der Waals surface area contributed by atoms with Gasteiger partial charge in [0.25, 0.3) is 0 Å². The summed E-state index contributed by atoms with van der Waals surface area (Å²) in [4.78, 5) is 29.1. The van der Waals surface area contributed by atoms with Gasteiger partial charge in [0, 0.05) is 45.8 Å². The molecule has 0 bridgehead atoms. The number of sulfonamides is 1. The molecule has 3 amide bonds. The van der Waals surface area contributed by atoms with Crippen LogP contribution in [0.15, 0.2) is 89.8 Å². The van der Waals surface area contributed by atoms with E-state index in [1.807, 2.05) is 64.1 Å². The van der Waals surface area contributed by atoms with Crippen molar-refractivity contribution in [2.45, 2.75) is 70.1 Å². The molecule has 0 aliphatic carbocycles.